The summed E-state index contributed by atoms with van der Waals surface area (Å²) in [5.74, 6) is -0.109. The standard InChI is InChI=1S/C22H20N2O3S/c1-13-7-8-15-14(2)16(22(26)27-18(15)11-13)9-10-20(25)23-12-21-24-17-5-3-4-6-19(17)28-21/h3-8,11H,9-10,12H2,1-2H3,(H,23,25). The third kappa shape index (κ3) is 3.68. The third-order valence-electron chi connectivity index (χ3n) is 4.82. The van der Waals surface area contributed by atoms with Crippen molar-refractivity contribution in [1.29, 1.82) is 0 Å². The fraction of sp³-hybridized carbons (Fsp3) is 0.227. The number of benzene rings is 2. The van der Waals surface area contributed by atoms with Gasteiger partial charge in [-0.05, 0) is 49.6 Å². The number of fused-ring (bicyclic) bond motifs is 2. The highest BCUT2D eigenvalue weighted by Gasteiger charge is 2.13. The molecule has 2 aromatic heterocycles. The third-order valence-corrected chi connectivity index (χ3v) is 5.86. The number of aryl methyl sites for hydroxylation is 2. The van der Waals surface area contributed by atoms with E-state index < -0.39 is 0 Å². The second kappa shape index (κ2) is 7.56. The van der Waals surface area contributed by atoms with E-state index in [0.717, 1.165) is 31.7 Å². The lowest BCUT2D eigenvalue weighted by atomic mass is 10.0. The van der Waals surface area contributed by atoms with Crippen molar-refractivity contribution in [3.63, 3.8) is 0 Å². The number of hydrogen-bond donors (Lipinski definition) is 1. The fourth-order valence-corrected chi connectivity index (χ4v) is 4.19. The molecule has 0 aliphatic heterocycles. The molecule has 6 heteroatoms. The van der Waals surface area contributed by atoms with Crippen molar-refractivity contribution in [2.75, 3.05) is 0 Å². The van der Waals surface area contributed by atoms with Crippen molar-refractivity contribution in [2.45, 2.75) is 33.2 Å². The Kier molecular flexibility index (Phi) is 4.96. The van der Waals surface area contributed by atoms with Crippen molar-refractivity contribution in [1.82, 2.24) is 10.3 Å². The maximum atomic E-state index is 12.3. The predicted octanol–water partition coefficient (Wildman–Crippen LogP) is 4.27. The molecule has 4 aromatic rings. The normalized spacial score (nSPS) is 11.2. The van der Waals surface area contributed by atoms with E-state index in [0.29, 0.717) is 24.1 Å². The van der Waals surface area contributed by atoms with Crippen LogP contribution in [0.5, 0.6) is 0 Å². The Balaban J connectivity index is 1.43. The van der Waals surface area contributed by atoms with E-state index in [-0.39, 0.29) is 18.0 Å². The molecule has 0 fully saturated rings. The van der Waals surface area contributed by atoms with Crippen molar-refractivity contribution in [3.8, 4) is 0 Å². The SMILES string of the molecule is Cc1ccc2c(C)c(CCC(=O)NCc3nc4ccccc4s3)c(=O)oc2c1. The molecule has 0 aliphatic rings. The van der Waals surface area contributed by atoms with Gasteiger partial charge in [0, 0.05) is 17.4 Å². The van der Waals surface area contributed by atoms with Crippen LogP contribution in [0.25, 0.3) is 21.2 Å². The number of aromatic nitrogens is 1. The smallest absolute Gasteiger partial charge is 0.339 e. The zero-order valence-corrected chi connectivity index (χ0v) is 16.6. The number of nitrogens with zero attached hydrogens (tertiary/aromatic N) is 1. The molecule has 1 N–H and O–H groups in total. The molecule has 2 aromatic carbocycles. The van der Waals surface area contributed by atoms with Gasteiger partial charge in [-0.1, -0.05) is 24.3 Å². The highest BCUT2D eigenvalue weighted by Crippen LogP contribution is 2.22. The van der Waals surface area contributed by atoms with Crippen LogP contribution in [0.2, 0.25) is 0 Å². The summed E-state index contributed by atoms with van der Waals surface area (Å²) in [6.45, 7) is 4.25. The van der Waals surface area contributed by atoms with Crippen molar-refractivity contribution >= 4 is 38.4 Å². The summed E-state index contributed by atoms with van der Waals surface area (Å²) in [6.07, 6.45) is 0.581. The summed E-state index contributed by atoms with van der Waals surface area (Å²) in [7, 11) is 0. The number of carbonyl (C=O) groups is 1. The first-order valence-corrected chi connectivity index (χ1v) is 9.97. The summed E-state index contributed by atoms with van der Waals surface area (Å²) < 4.78 is 6.56. The summed E-state index contributed by atoms with van der Waals surface area (Å²) in [5.41, 5.74) is 3.64. The summed E-state index contributed by atoms with van der Waals surface area (Å²) in [4.78, 5) is 29.1. The van der Waals surface area contributed by atoms with Gasteiger partial charge in [-0.25, -0.2) is 9.78 Å². The minimum atomic E-state index is -0.366. The number of rotatable bonds is 5. The maximum absolute atomic E-state index is 12.3. The Labute approximate surface area is 166 Å². The molecule has 0 unspecified atom stereocenters. The highest BCUT2D eigenvalue weighted by atomic mass is 32.1. The van der Waals surface area contributed by atoms with Gasteiger partial charge in [0.15, 0.2) is 0 Å². The molecule has 142 valence electrons. The topological polar surface area (TPSA) is 72.2 Å². The number of carbonyl (C=O) groups excluding carboxylic acids is 1. The lowest BCUT2D eigenvalue weighted by molar-refractivity contribution is -0.121. The molecule has 2 heterocycles. The second-order valence-electron chi connectivity index (χ2n) is 6.84. The predicted molar refractivity (Wildman–Crippen MR) is 112 cm³/mol. The van der Waals surface area contributed by atoms with E-state index in [9.17, 15) is 9.59 Å². The minimum absolute atomic E-state index is 0.109. The zero-order chi connectivity index (χ0) is 19.7. The van der Waals surface area contributed by atoms with Crippen LogP contribution >= 0.6 is 11.3 Å². The Morgan fingerprint density at radius 2 is 2.00 bits per heavy atom. The minimum Gasteiger partial charge on any atom is -0.423 e. The molecular weight excluding hydrogens is 372 g/mol. The molecule has 0 aliphatic carbocycles. The van der Waals surface area contributed by atoms with Crippen molar-refractivity contribution < 1.29 is 9.21 Å². The van der Waals surface area contributed by atoms with Crippen LogP contribution in [0.4, 0.5) is 0 Å². The monoisotopic (exact) mass is 392 g/mol. The van der Waals surface area contributed by atoms with Crippen LogP contribution in [-0.2, 0) is 17.8 Å². The molecule has 0 saturated carbocycles. The maximum Gasteiger partial charge on any atom is 0.339 e. The number of nitrogens with one attached hydrogen (secondary N) is 1. The summed E-state index contributed by atoms with van der Waals surface area (Å²) in [5, 5.41) is 4.67. The molecule has 1 amide bonds. The largest absolute Gasteiger partial charge is 0.423 e. The quantitative estimate of drug-likeness (QED) is 0.515. The van der Waals surface area contributed by atoms with E-state index >= 15 is 0 Å². The van der Waals surface area contributed by atoms with Gasteiger partial charge in [0.2, 0.25) is 5.91 Å². The second-order valence-corrected chi connectivity index (χ2v) is 7.96. The van der Waals surface area contributed by atoms with Gasteiger partial charge >= 0.3 is 5.63 Å². The Morgan fingerprint density at radius 1 is 1.18 bits per heavy atom. The molecule has 0 radical (unpaired) electrons. The molecule has 0 bridgehead atoms. The lowest BCUT2D eigenvalue weighted by Crippen LogP contribution is -2.24. The Bertz CT molecular complexity index is 1210. The van der Waals surface area contributed by atoms with E-state index in [4.69, 9.17) is 4.42 Å². The fourth-order valence-electron chi connectivity index (χ4n) is 3.29. The average Bonchev–Trinajstić information content (AvgIpc) is 3.09. The molecular formula is C22H20N2O3S. The van der Waals surface area contributed by atoms with E-state index in [1.54, 1.807) is 11.3 Å². The van der Waals surface area contributed by atoms with Gasteiger partial charge in [0.05, 0.1) is 16.8 Å². The molecule has 0 atom stereocenters. The zero-order valence-electron chi connectivity index (χ0n) is 15.7. The first-order chi connectivity index (χ1) is 13.5. The van der Waals surface area contributed by atoms with Gasteiger partial charge in [0.1, 0.15) is 10.6 Å². The van der Waals surface area contributed by atoms with Crippen molar-refractivity contribution in [2.24, 2.45) is 0 Å². The van der Waals surface area contributed by atoms with Crippen LogP contribution < -0.4 is 10.9 Å². The molecule has 5 nitrogen and oxygen atoms in total. The van der Waals surface area contributed by atoms with Gasteiger partial charge in [0.25, 0.3) is 0 Å². The van der Waals surface area contributed by atoms with Gasteiger partial charge < -0.3 is 9.73 Å². The van der Waals surface area contributed by atoms with Crippen molar-refractivity contribution in [3.05, 3.63) is 74.6 Å². The lowest BCUT2D eigenvalue weighted by Gasteiger charge is -2.08. The van der Waals surface area contributed by atoms with E-state index in [1.165, 1.54) is 0 Å². The average molecular weight is 392 g/mol. The number of para-hydroxylation sites is 1. The first kappa shape index (κ1) is 18.4. The number of amides is 1. The summed E-state index contributed by atoms with van der Waals surface area (Å²) in [6, 6.07) is 13.7. The van der Waals surface area contributed by atoms with Gasteiger partial charge in [-0.3, -0.25) is 4.79 Å². The first-order valence-electron chi connectivity index (χ1n) is 9.15. The van der Waals surface area contributed by atoms with Crippen LogP contribution in [-0.4, -0.2) is 10.9 Å². The van der Waals surface area contributed by atoms with Crippen LogP contribution in [0.3, 0.4) is 0 Å². The number of hydrogen-bond acceptors (Lipinski definition) is 5. The van der Waals surface area contributed by atoms with E-state index in [2.05, 4.69) is 10.3 Å². The highest BCUT2D eigenvalue weighted by molar-refractivity contribution is 7.18. The Morgan fingerprint density at radius 3 is 2.82 bits per heavy atom. The van der Waals surface area contributed by atoms with Crippen LogP contribution in [0.1, 0.15) is 28.1 Å². The molecule has 28 heavy (non-hydrogen) atoms. The number of thiazole rings is 1. The summed E-state index contributed by atoms with van der Waals surface area (Å²) >= 11 is 1.57. The van der Waals surface area contributed by atoms with Crippen LogP contribution in [0.15, 0.2) is 51.7 Å². The molecule has 0 spiro atoms. The molecule has 0 saturated heterocycles. The Hall–Kier alpha value is -2.99. The van der Waals surface area contributed by atoms with E-state index in [1.807, 2.05) is 56.3 Å². The van der Waals surface area contributed by atoms with Gasteiger partial charge in [-0.2, -0.15) is 0 Å². The van der Waals surface area contributed by atoms with Gasteiger partial charge in [-0.15, -0.1) is 11.3 Å². The van der Waals surface area contributed by atoms with Crippen LogP contribution in [0, 0.1) is 13.8 Å². The molecule has 4 rings (SSSR count).